The fourth-order valence-corrected chi connectivity index (χ4v) is 1.48. The summed E-state index contributed by atoms with van der Waals surface area (Å²) in [4.78, 5) is 22.7. The number of alkyl halides is 7. The highest BCUT2D eigenvalue weighted by Gasteiger charge is 2.50. The van der Waals surface area contributed by atoms with E-state index >= 15 is 0 Å². The molecule has 0 saturated heterocycles. The third-order valence-electron chi connectivity index (χ3n) is 3.18. The van der Waals surface area contributed by atoms with Crippen molar-refractivity contribution in [2.24, 2.45) is 5.41 Å². The molecule has 148 valence electrons. The van der Waals surface area contributed by atoms with Crippen molar-refractivity contribution in [3.05, 3.63) is 0 Å². The normalized spacial score (nSPS) is 13.5. The molecule has 0 bridgehead atoms. The van der Waals surface area contributed by atoms with Gasteiger partial charge in [-0.15, -0.1) is 0 Å². The van der Waals surface area contributed by atoms with Gasteiger partial charge in [0.15, 0.2) is 13.2 Å². The maximum atomic E-state index is 13.3. The van der Waals surface area contributed by atoms with E-state index < -0.39 is 61.4 Å². The van der Waals surface area contributed by atoms with Gasteiger partial charge in [-0.1, -0.05) is 6.92 Å². The lowest BCUT2D eigenvalue weighted by molar-refractivity contribution is -0.213. The van der Waals surface area contributed by atoms with Crippen molar-refractivity contribution in [1.82, 2.24) is 0 Å². The van der Waals surface area contributed by atoms with Crippen LogP contribution in [-0.2, 0) is 19.1 Å². The number of carbonyl (C=O) groups excluding carboxylic acids is 2. The molecule has 25 heavy (non-hydrogen) atoms. The van der Waals surface area contributed by atoms with E-state index in [1.165, 1.54) is 13.8 Å². The minimum Gasteiger partial charge on any atom is -0.457 e. The summed E-state index contributed by atoms with van der Waals surface area (Å²) in [6.45, 7) is 1.82. The number of esters is 2. The molecule has 0 fully saturated rings. The Morgan fingerprint density at radius 3 is 1.80 bits per heavy atom. The molecule has 0 aliphatic rings. The molecule has 0 radical (unpaired) electrons. The van der Waals surface area contributed by atoms with Gasteiger partial charge in [0.1, 0.15) is 6.42 Å². The van der Waals surface area contributed by atoms with Gasteiger partial charge in [0.25, 0.3) is 11.8 Å². The van der Waals surface area contributed by atoms with Crippen LogP contribution < -0.4 is 0 Å². The second kappa shape index (κ2) is 8.22. The highest BCUT2D eigenvalue weighted by molar-refractivity contribution is 5.79. The molecule has 4 nitrogen and oxygen atoms in total. The zero-order valence-electron chi connectivity index (χ0n) is 13.8. The molecule has 0 aromatic rings. The molecule has 0 unspecified atom stereocenters. The van der Waals surface area contributed by atoms with Crippen molar-refractivity contribution >= 4 is 11.9 Å². The number of halogens is 7. The lowest BCUT2D eigenvalue weighted by atomic mass is 9.91. The fraction of sp³-hybridized carbons (Fsp3) is 0.857. The van der Waals surface area contributed by atoms with Crippen molar-refractivity contribution < 1.29 is 49.8 Å². The average Bonchev–Trinajstić information content (AvgIpc) is 2.38. The monoisotopic (exact) mass is 384 g/mol. The van der Waals surface area contributed by atoms with Gasteiger partial charge in [-0.2, -0.15) is 13.2 Å². The summed E-state index contributed by atoms with van der Waals surface area (Å²) in [6, 6.07) is 0. The van der Waals surface area contributed by atoms with E-state index in [0.717, 1.165) is 0 Å². The first kappa shape index (κ1) is 23.4. The fourth-order valence-electron chi connectivity index (χ4n) is 1.48. The first-order valence-electron chi connectivity index (χ1n) is 7.15. The molecule has 0 aliphatic carbocycles. The predicted molar refractivity (Wildman–Crippen MR) is 71.2 cm³/mol. The van der Waals surface area contributed by atoms with Crippen LogP contribution >= 0.6 is 0 Å². The molecule has 0 aromatic carbocycles. The summed E-state index contributed by atoms with van der Waals surface area (Å²) in [5.74, 6) is -11.3. The maximum Gasteiger partial charge on any atom is 0.394 e. The maximum absolute atomic E-state index is 13.3. The summed E-state index contributed by atoms with van der Waals surface area (Å²) < 4.78 is 96.6. The number of hydrogen-bond acceptors (Lipinski definition) is 4. The van der Waals surface area contributed by atoms with Crippen molar-refractivity contribution in [3.8, 4) is 0 Å². The standard InChI is InChI=1S/C14H19F7O4/c1-4-11(2,3)10(23)24-5-9(22)25-8-13(17,18)6-12(15,16)7-14(19,20)21/h4-8H2,1-3H3. The Kier molecular flexibility index (Phi) is 7.71. The lowest BCUT2D eigenvalue weighted by Gasteiger charge is -2.24. The first-order chi connectivity index (χ1) is 11.0. The highest BCUT2D eigenvalue weighted by atomic mass is 19.4. The van der Waals surface area contributed by atoms with Crippen LogP contribution in [0.25, 0.3) is 0 Å². The Labute approximate surface area is 139 Å². The van der Waals surface area contributed by atoms with Crippen LogP contribution in [0.2, 0.25) is 0 Å². The molecule has 0 aliphatic heterocycles. The van der Waals surface area contributed by atoms with Gasteiger partial charge in [0, 0.05) is 0 Å². The van der Waals surface area contributed by atoms with Crippen LogP contribution in [0.4, 0.5) is 30.7 Å². The number of hydrogen-bond donors (Lipinski definition) is 0. The molecule has 0 heterocycles. The highest BCUT2D eigenvalue weighted by Crippen LogP contribution is 2.38. The van der Waals surface area contributed by atoms with Gasteiger partial charge in [-0.25, -0.2) is 22.4 Å². The molecule has 0 spiro atoms. The molecule has 0 atom stereocenters. The van der Waals surface area contributed by atoms with Crippen LogP contribution in [0.15, 0.2) is 0 Å². The molecular formula is C14H19F7O4. The first-order valence-corrected chi connectivity index (χ1v) is 7.15. The molecule has 0 N–H and O–H groups in total. The Morgan fingerprint density at radius 2 is 1.36 bits per heavy atom. The minimum absolute atomic E-state index is 0.368. The largest absolute Gasteiger partial charge is 0.457 e. The predicted octanol–water partition coefficient (Wildman–Crippen LogP) is 4.12. The van der Waals surface area contributed by atoms with Gasteiger partial charge in [0.2, 0.25) is 0 Å². The average molecular weight is 384 g/mol. The van der Waals surface area contributed by atoms with Crippen molar-refractivity contribution in [2.75, 3.05) is 13.2 Å². The molecule has 0 aromatic heterocycles. The Bertz CT molecular complexity index is 472. The summed E-state index contributed by atoms with van der Waals surface area (Å²) in [5.41, 5.74) is -0.927. The van der Waals surface area contributed by atoms with Gasteiger partial charge >= 0.3 is 18.1 Å². The Balaban J connectivity index is 4.45. The summed E-state index contributed by atoms with van der Waals surface area (Å²) in [5, 5.41) is 0. The van der Waals surface area contributed by atoms with Crippen molar-refractivity contribution in [3.63, 3.8) is 0 Å². The smallest absolute Gasteiger partial charge is 0.394 e. The van der Waals surface area contributed by atoms with Crippen LogP contribution in [0, 0.1) is 5.41 Å². The van der Waals surface area contributed by atoms with Crippen molar-refractivity contribution in [2.45, 2.75) is 58.1 Å². The molecular weight excluding hydrogens is 365 g/mol. The SMILES string of the molecule is CCC(C)(C)C(=O)OCC(=O)OCC(F)(F)CC(F)(F)CC(F)(F)F. The van der Waals surface area contributed by atoms with Crippen LogP contribution in [0.3, 0.4) is 0 Å². The minimum atomic E-state index is -5.32. The van der Waals surface area contributed by atoms with Crippen molar-refractivity contribution in [1.29, 1.82) is 0 Å². The quantitative estimate of drug-likeness (QED) is 0.443. The van der Waals surface area contributed by atoms with Gasteiger partial charge in [-0.3, -0.25) is 4.79 Å². The second-order valence-corrected chi connectivity index (χ2v) is 6.15. The number of ether oxygens (including phenoxy) is 2. The van der Waals surface area contributed by atoms with Crippen LogP contribution in [0.1, 0.15) is 40.0 Å². The van der Waals surface area contributed by atoms with E-state index in [2.05, 4.69) is 9.47 Å². The molecule has 11 heteroatoms. The summed E-state index contributed by atoms with van der Waals surface area (Å²) in [7, 11) is 0. The lowest BCUT2D eigenvalue weighted by Crippen LogP contribution is -2.37. The molecule has 0 amide bonds. The van der Waals surface area contributed by atoms with E-state index in [0.29, 0.717) is 6.42 Å². The van der Waals surface area contributed by atoms with Crippen LogP contribution in [-0.4, -0.2) is 43.2 Å². The Morgan fingerprint density at radius 1 is 0.840 bits per heavy atom. The van der Waals surface area contributed by atoms with E-state index in [9.17, 15) is 40.3 Å². The third-order valence-corrected chi connectivity index (χ3v) is 3.18. The second-order valence-electron chi connectivity index (χ2n) is 6.15. The van der Waals surface area contributed by atoms with Gasteiger partial charge < -0.3 is 9.47 Å². The van der Waals surface area contributed by atoms with E-state index in [-0.39, 0.29) is 0 Å². The zero-order chi connectivity index (χ0) is 20.1. The molecule has 0 rings (SSSR count). The Hall–Kier alpha value is -1.55. The number of carbonyl (C=O) groups is 2. The van der Waals surface area contributed by atoms with E-state index in [1.54, 1.807) is 6.92 Å². The topological polar surface area (TPSA) is 52.6 Å². The van der Waals surface area contributed by atoms with Gasteiger partial charge in [-0.05, 0) is 20.3 Å². The van der Waals surface area contributed by atoms with Gasteiger partial charge in [0.05, 0.1) is 11.8 Å². The summed E-state index contributed by atoms with van der Waals surface area (Å²) in [6.07, 6.45) is -10.1. The molecule has 0 saturated carbocycles. The van der Waals surface area contributed by atoms with E-state index in [4.69, 9.17) is 0 Å². The summed E-state index contributed by atoms with van der Waals surface area (Å²) >= 11 is 0. The van der Waals surface area contributed by atoms with Crippen LogP contribution in [0.5, 0.6) is 0 Å². The zero-order valence-corrected chi connectivity index (χ0v) is 13.8. The van der Waals surface area contributed by atoms with E-state index in [1.807, 2.05) is 0 Å². The number of rotatable bonds is 9. The third kappa shape index (κ3) is 10.1.